The lowest BCUT2D eigenvalue weighted by Crippen LogP contribution is -2.71. The van der Waals surface area contributed by atoms with Gasteiger partial charge in [-0.05, 0) is 92.4 Å². The molecule has 9 rings (SSSR count). The van der Waals surface area contributed by atoms with E-state index in [1.807, 2.05) is 103 Å². The zero-order chi connectivity index (χ0) is 50.4. The minimum atomic E-state index is -0.871. The van der Waals surface area contributed by atoms with Crippen LogP contribution in [0.2, 0.25) is 5.02 Å². The largest absolute Gasteiger partial charge is 0.391 e. The summed E-state index contributed by atoms with van der Waals surface area (Å²) < 4.78 is 16.9. The van der Waals surface area contributed by atoms with Gasteiger partial charge in [0.15, 0.2) is 0 Å². The first kappa shape index (κ1) is 50.8. The number of thiazole rings is 1. The van der Waals surface area contributed by atoms with Crippen molar-refractivity contribution in [3.63, 3.8) is 0 Å². The summed E-state index contributed by atoms with van der Waals surface area (Å²) in [7, 11) is 0. The van der Waals surface area contributed by atoms with Crippen molar-refractivity contribution >= 4 is 63.3 Å². The summed E-state index contributed by atoms with van der Waals surface area (Å²) in [4.78, 5) is 60.9. The first-order valence-corrected chi connectivity index (χ1v) is 26.6. The average Bonchev–Trinajstić information content (AvgIpc) is 4.02. The highest BCUT2D eigenvalue weighted by Crippen LogP contribution is 2.41. The van der Waals surface area contributed by atoms with E-state index in [0.717, 1.165) is 122 Å². The highest BCUT2D eigenvalue weighted by molar-refractivity contribution is 7.13. The zero-order valence-corrected chi connectivity index (χ0v) is 43.9. The number of carbonyl (C=O) groups is 3. The van der Waals surface area contributed by atoms with Gasteiger partial charge in [-0.1, -0.05) is 75.2 Å². The Morgan fingerprint density at radius 1 is 0.958 bits per heavy atom. The van der Waals surface area contributed by atoms with Crippen LogP contribution in [0.25, 0.3) is 21.5 Å². The molecule has 3 aromatic carbocycles. The van der Waals surface area contributed by atoms with Crippen LogP contribution in [0, 0.1) is 37.4 Å². The van der Waals surface area contributed by atoms with Crippen molar-refractivity contribution in [2.45, 2.75) is 111 Å². The Balaban J connectivity index is 0.759. The molecule has 4 atom stereocenters. The Hall–Kier alpha value is -5.13. The highest BCUT2D eigenvalue weighted by Gasteiger charge is 2.49. The molecule has 1 spiro atoms. The van der Waals surface area contributed by atoms with Gasteiger partial charge in [-0.25, -0.2) is 14.4 Å². The molecule has 0 radical (unpaired) electrons. The number of hydrogen-bond donors (Lipinski definition) is 4. The monoisotopic (exact) mass is 1010 g/mol. The number of aliphatic hydroxyl groups is 1. The van der Waals surface area contributed by atoms with E-state index in [2.05, 4.69) is 40.2 Å². The summed E-state index contributed by atoms with van der Waals surface area (Å²) in [5.41, 5.74) is 9.72. The van der Waals surface area contributed by atoms with Crippen LogP contribution in [0.5, 0.6) is 0 Å². The van der Waals surface area contributed by atoms with Crippen molar-refractivity contribution in [3.8, 4) is 10.4 Å². The number of fused-ring (bicyclic) bond motifs is 1. The quantitative estimate of drug-likeness (QED) is 0.0738. The van der Waals surface area contributed by atoms with E-state index in [4.69, 9.17) is 16.6 Å². The summed E-state index contributed by atoms with van der Waals surface area (Å²) in [6.45, 7) is 22.1. The second kappa shape index (κ2) is 20.8. The molecule has 380 valence electrons. The maximum Gasteiger partial charge on any atom is 0.246 e. The van der Waals surface area contributed by atoms with E-state index in [1.54, 1.807) is 11.3 Å². The fourth-order valence-electron chi connectivity index (χ4n) is 11.0. The normalized spacial score (nSPS) is 20.0. The number of aryl methyl sites for hydroxylation is 3. The maximum absolute atomic E-state index is 14.7. The van der Waals surface area contributed by atoms with Crippen molar-refractivity contribution < 1.29 is 23.9 Å². The fraction of sp³-hybridized carbons (Fsp3) is 0.537. The molecule has 5 aromatic rings. The smallest absolute Gasteiger partial charge is 0.246 e. The Labute approximate surface area is 426 Å². The average molecular weight is 1010 g/mol. The van der Waals surface area contributed by atoms with Gasteiger partial charge in [0, 0.05) is 82.2 Å². The standard InChI is InChI=1S/C54H70ClFN10O4S/c1-33-21-37(22-34(2)46(33)56)26-66-43-24-40(55)23-42(47(43)61-52(66)64-30-54(31-64)28-57-29-54)63-19-17-62(18-20-63)16-10-8-9-11-45(68)60-49(53(5,6)7)51(70)65-27-41(67)25-44(65)50(69)59-35(3)38-12-14-39(15-13-38)48-36(4)58-32-71-48/h12-15,21-24,32,35,41,44,49,57,67H,8-11,16-20,25-31H2,1-7H3,(H,59,69)(H,60,68)/t35-,41+,44-,49+/m0/s1. The van der Waals surface area contributed by atoms with Gasteiger partial charge in [-0.3, -0.25) is 19.3 Å². The topological polar surface area (TPSA) is 151 Å². The number of amides is 3. The Kier molecular flexibility index (Phi) is 14.9. The molecule has 6 heterocycles. The number of nitrogens with one attached hydrogen (secondary N) is 3. The number of halogens is 2. The Morgan fingerprint density at radius 3 is 2.30 bits per heavy atom. The number of imidazole rings is 1. The van der Waals surface area contributed by atoms with Gasteiger partial charge in [0.05, 0.1) is 46.0 Å². The summed E-state index contributed by atoms with van der Waals surface area (Å²) in [5, 5.41) is 20.9. The van der Waals surface area contributed by atoms with Crippen molar-refractivity contribution in [2.75, 3.05) is 75.2 Å². The third-order valence-electron chi connectivity index (χ3n) is 15.1. The lowest BCUT2D eigenvalue weighted by molar-refractivity contribution is -0.144. The van der Waals surface area contributed by atoms with Crippen LogP contribution in [0.15, 0.2) is 54.0 Å². The minimum absolute atomic E-state index is 0.0234. The molecular formula is C54H70ClFN10O4S. The van der Waals surface area contributed by atoms with E-state index in [9.17, 15) is 23.9 Å². The first-order valence-electron chi connectivity index (χ1n) is 25.3. The molecule has 4 fully saturated rings. The lowest BCUT2D eigenvalue weighted by Gasteiger charge is -2.56. The third kappa shape index (κ3) is 11.0. The Morgan fingerprint density at radius 2 is 1.66 bits per heavy atom. The molecule has 0 aliphatic carbocycles. The number of aliphatic hydroxyl groups excluding tert-OH is 1. The molecule has 0 bridgehead atoms. The molecule has 0 saturated carbocycles. The second-order valence-corrected chi connectivity index (χ2v) is 23.1. The number of hydrogen-bond acceptors (Lipinski definition) is 11. The fourth-order valence-corrected chi connectivity index (χ4v) is 12.0. The van der Waals surface area contributed by atoms with E-state index >= 15 is 0 Å². The van der Waals surface area contributed by atoms with Crippen LogP contribution in [0.4, 0.5) is 16.0 Å². The van der Waals surface area contributed by atoms with Crippen LogP contribution in [-0.4, -0.2) is 131 Å². The summed E-state index contributed by atoms with van der Waals surface area (Å²) >= 11 is 8.48. The van der Waals surface area contributed by atoms with Gasteiger partial charge < -0.3 is 40.3 Å². The first-order chi connectivity index (χ1) is 33.9. The number of anilines is 2. The third-order valence-corrected chi connectivity index (χ3v) is 16.3. The van der Waals surface area contributed by atoms with Crippen LogP contribution in [0.3, 0.4) is 0 Å². The molecule has 0 unspecified atom stereocenters. The summed E-state index contributed by atoms with van der Waals surface area (Å²) in [5.74, 6) is -0.129. The number of nitrogens with zero attached hydrogens (tertiary/aromatic N) is 7. The number of carbonyl (C=O) groups excluding carboxylic acids is 3. The predicted octanol–water partition coefficient (Wildman–Crippen LogP) is 7.39. The minimum Gasteiger partial charge on any atom is -0.391 e. The van der Waals surface area contributed by atoms with Gasteiger partial charge >= 0.3 is 0 Å². The molecule has 14 nitrogen and oxygen atoms in total. The molecule has 17 heteroatoms. The number of β-amino-alcohol motifs (C(OH)–C–C–N with tert-alkyl or cyclic N) is 1. The Bertz CT molecular complexity index is 2730. The molecule has 4 aliphatic rings. The predicted molar refractivity (Wildman–Crippen MR) is 281 cm³/mol. The SMILES string of the molecule is Cc1cc(Cn2c(N3CC4(CNC4)C3)nc3c(N4CCN(CCCCCC(=O)N[C@H](C(=O)N5C[C@H](O)C[C@H]5C(=O)N[C@@H](C)c5ccc(-c6scnc6C)cc5)C(C)(C)C)CC4)cc(Cl)cc32)cc(C)c1F. The molecule has 4 saturated heterocycles. The lowest BCUT2D eigenvalue weighted by atomic mass is 9.75. The molecule has 3 amide bonds. The van der Waals surface area contributed by atoms with Crippen LogP contribution >= 0.6 is 22.9 Å². The van der Waals surface area contributed by atoms with Crippen LogP contribution in [0.1, 0.15) is 93.8 Å². The number of benzene rings is 3. The molecule has 2 aromatic heterocycles. The van der Waals surface area contributed by atoms with Crippen molar-refractivity contribution in [1.29, 1.82) is 0 Å². The van der Waals surface area contributed by atoms with E-state index in [0.29, 0.717) is 34.5 Å². The van der Waals surface area contributed by atoms with Crippen LogP contribution in [-0.2, 0) is 20.9 Å². The number of aromatic nitrogens is 3. The van der Waals surface area contributed by atoms with Gasteiger partial charge in [0.1, 0.15) is 23.4 Å². The van der Waals surface area contributed by atoms with Crippen molar-refractivity contribution in [2.24, 2.45) is 10.8 Å². The maximum atomic E-state index is 14.7. The van der Waals surface area contributed by atoms with Crippen molar-refractivity contribution in [3.05, 3.63) is 92.8 Å². The van der Waals surface area contributed by atoms with Gasteiger partial charge in [-0.15, -0.1) is 11.3 Å². The van der Waals surface area contributed by atoms with E-state index in [-0.39, 0.29) is 49.0 Å². The van der Waals surface area contributed by atoms with Crippen molar-refractivity contribution in [1.82, 2.24) is 40.3 Å². The molecule has 4 aliphatic heterocycles. The molecular weight excluding hydrogens is 939 g/mol. The molecule has 4 N–H and O–H groups in total. The second-order valence-electron chi connectivity index (χ2n) is 21.8. The highest BCUT2D eigenvalue weighted by atomic mass is 35.5. The zero-order valence-electron chi connectivity index (χ0n) is 42.3. The van der Waals surface area contributed by atoms with Gasteiger partial charge in [0.25, 0.3) is 0 Å². The van der Waals surface area contributed by atoms with E-state index < -0.39 is 23.6 Å². The summed E-state index contributed by atoms with van der Waals surface area (Å²) in [6, 6.07) is 13.9. The number of rotatable bonds is 16. The molecule has 71 heavy (non-hydrogen) atoms. The number of unbranched alkanes of at least 4 members (excludes halogenated alkanes) is 2. The van der Waals surface area contributed by atoms with Gasteiger partial charge in [-0.2, -0.15) is 0 Å². The number of likely N-dealkylation sites (tertiary alicyclic amines) is 1. The van der Waals surface area contributed by atoms with Gasteiger partial charge in [0.2, 0.25) is 23.7 Å². The number of piperazine rings is 1. The summed E-state index contributed by atoms with van der Waals surface area (Å²) in [6.07, 6.45) is 2.05. The van der Waals surface area contributed by atoms with E-state index in [1.165, 1.54) is 4.90 Å². The van der Waals surface area contributed by atoms with Crippen LogP contribution < -0.4 is 25.8 Å².